The van der Waals surface area contributed by atoms with Gasteiger partial charge in [-0.2, -0.15) is 5.26 Å². The number of fused-ring (bicyclic) bond motifs is 1. The van der Waals surface area contributed by atoms with Crippen LogP contribution in [0.2, 0.25) is 0 Å². The van der Waals surface area contributed by atoms with E-state index in [1.807, 2.05) is 43.3 Å². The summed E-state index contributed by atoms with van der Waals surface area (Å²) < 4.78 is 0. The lowest BCUT2D eigenvalue weighted by Crippen LogP contribution is -2.23. The Hall–Kier alpha value is -2.84. The molecule has 0 saturated carbocycles. The molecule has 1 atom stereocenters. The minimum atomic E-state index is -0.328. The fourth-order valence-electron chi connectivity index (χ4n) is 2.27. The Bertz CT molecular complexity index is 933. The lowest BCUT2D eigenvalue weighted by Gasteiger charge is -2.12. The van der Waals surface area contributed by atoms with E-state index in [4.69, 9.17) is 5.26 Å². The largest absolute Gasteiger partial charge is 0.324 e. The first kappa shape index (κ1) is 16.0. The molecule has 3 aromatic rings. The number of carbonyl (C=O) groups excluding carboxylic acids is 1. The highest BCUT2D eigenvalue weighted by Crippen LogP contribution is 2.25. The van der Waals surface area contributed by atoms with Gasteiger partial charge >= 0.3 is 0 Å². The monoisotopic (exact) mass is 333 g/mol. The summed E-state index contributed by atoms with van der Waals surface area (Å²) in [5.74, 6) is -0.155. The first-order valence-electron chi connectivity index (χ1n) is 7.50. The van der Waals surface area contributed by atoms with Gasteiger partial charge < -0.3 is 5.32 Å². The molecule has 0 spiro atoms. The van der Waals surface area contributed by atoms with Gasteiger partial charge in [0.25, 0.3) is 0 Å². The van der Waals surface area contributed by atoms with Crippen molar-refractivity contribution in [3.63, 3.8) is 0 Å². The van der Waals surface area contributed by atoms with E-state index in [9.17, 15) is 4.79 Å². The highest BCUT2D eigenvalue weighted by Gasteiger charge is 2.16. The van der Waals surface area contributed by atoms with Gasteiger partial charge in [-0.3, -0.25) is 4.79 Å². The molecule has 24 heavy (non-hydrogen) atoms. The highest BCUT2D eigenvalue weighted by molar-refractivity contribution is 8.00. The molecular weight excluding hydrogens is 318 g/mol. The van der Waals surface area contributed by atoms with Crippen molar-refractivity contribution >= 4 is 34.3 Å². The number of benzene rings is 2. The van der Waals surface area contributed by atoms with Gasteiger partial charge in [-0.15, -0.1) is 0 Å². The van der Waals surface area contributed by atoms with Crippen LogP contribution in [0.3, 0.4) is 0 Å². The smallest absolute Gasteiger partial charge is 0.237 e. The van der Waals surface area contributed by atoms with Gasteiger partial charge in [0.1, 0.15) is 6.07 Å². The second-order valence-corrected chi connectivity index (χ2v) is 6.61. The Balaban J connectivity index is 1.72. The quantitative estimate of drug-likeness (QED) is 0.726. The summed E-state index contributed by atoms with van der Waals surface area (Å²) in [7, 11) is 0. The molecule has 0 radical (unpaired) electrons. The van der Waals surface area contributed by atoms with Crippen LogP contribution in [0, 0.1) is 11.3 Å². The molecule has 0 unspecified atom stereocenters. The maximum Gasteiger partial charge on any atom is 0.237 e. The predicted octanol–water partition coefficient (Wildman–Crippen LogP) is 4.23. The first-order valence-corrected chi connectivity index (χ1v) is 8.38. The zero-order valence-electron chi connectivity index (χ0n) is 13.1. The SMILES string of the molecule is C[C@@H](Sc1ccc2ccccc2n1)C(=O)Nc1ccccc1C#N. The van der Waals surface area contributed by atoms with E-state index in [0.29, 0.717) is 11.3 Å². The average Bonchev–Trinajstić information content (AvgIpc) is 2.62. The van der Waals surface area contributed by atoms with Crippen LogP contribution in [0.25, 0.3) is 10.9 Å². The van der Waals surface area contributed by atoms with Crippen molar-refractivity contribution in [1.29, 1.82) is 5.26 Å². The molecule has 1 N–H and O–H groups in total. The van der Waals surface area contributed by atoms with Crippen molar-refractivity contribution in [2.24, 2.45) is 0 Å². The lowest BCUT2D eigenvalue weighted by atomic mass is 10.2. The third-order valence-electron chi connectivity index (χ3n) is 3.55. The number of carbonyl (C=O) groups is 1. The molecule has 2 aromatic carbocycles. The van der Waals surface area contributed by atoms with Crippen LogP contribution in [-0.2, 0) is 4.79 Å². The summed E-state index contributed by atoms with van der Waals surface area (Å²) >= 11 is 1.39. The molecule has 0 saturated heterocycles. The number of amides is 1. The molecule has 1 amide bonds. The zero-order chi connectivity index (χ0) is 16.9. The third-order valence-corrected chi connectivity index (χ3v) is 4.58. The maximum absolute atomic E-state index is 12.4. The van der Waals surface area contributed by atoms with Crippen molar-refractivity contribution in [1.82, 2.24) is 4.98 Å². The molecule has 1 aromatic heterocycles. The highest BCUT2D eigenvalue weighted by atomic mass is 32.2. The fourth-order valence-corrected chi connectivity index (χ4v) is 3.10. The first-order chi connectivity index (χ1) is 11.7. The zero-order valence-corrected chi connectivity index (χ0v) is 13.9. The Labute approximate surface area is 144 Å². The Morgan fingerprint density at radius 1 is 1.12 bits per heavy atom. The fraction of sp³-hybridized carbons (Fsp3) is 0.105. The Morgan fingerprint density at radius 3 is 2.71 bits per heavy atom. The van der Waals surface area contributed by atoms with Crippen LogP contribution in [0.4, 0.5) is 5.69 Å². The lowest BCUT2D eigenvalue weighted by molar-refractivity contribution is -0.115. The minimum Gasteiger partial charge on any atom is -0.324 e. The number of nitrogens with one attached hydrogen (secondary N) is 1. The molecule has 0 aliphatic carbocycles. The average molecular weight is 333 g/mol. The Morgan fingerprint density at radius 2 is 1.88 bits per heavy atom. The maximum atomic E-state index is 12.4. The third kappa shape index (κ3) is 3.55. The van der Waals surface area contributed by atoms with E-state index in [1.54, 1.807) is 24.3 Å². The number of rotatable bonds is 4. The van der Waals surface area contributed by atoms with E-state index in [0.717, 1.165) is 15.9 Å². The van der Waals surface area contributed by atoms with Crippen LogP contribution >= 0.6 is 11.8 Å². The van der Waals surface area contributed by atoms with E-state index in [1.165, 1.54) is 11.8 Å². The van der Waals surface area contributed by atoms with Gasteiger partial charge in [-0.1, -0.05) is 48.2 Å². The number of anilines is 1. The predicted molar refractivity (Wildman–Crippen MR) is 96.8 cm³/mol. The molecule has 4 nitrogen and oxygen atoms in total. The number of nitriles is 1. The summed E-state index contributed by atoms with van der Waals surface area (Å²) in [4.78, 5) is 16.9. The van der Waals surface area contributed by atoms with Crippen molar-refractivity contribution in [3.8, 4) is 6.07 Å². The second kappa shape index (κ2) is 7.16. The molecule has 0 aliphatic heterocycles. The number of hydrogen-bond acceptors (Lipinski definition) is 4. The number of nitrogens with zero attached hydrogens (tertiary/aromatic N) is 2. The number of hydrogen-bond donors (Lipinski definition) is 1. The topological polar surface area (TPSA) is 65.8 Å². The number of pyridine rings is 1. The van der Waals surface area contributed by atoms with Crippen molar-refractivity contribution < 1.29 is 4.79 Å². The standard InChI is InChI=1S/C19H15N3OS/c1-13(19(23)22-17-9-5-3-7-15(17)12-20)24-18-11-10-14-6-2-4-8-16(14)21-18/h2-11,13H,1H3,(H,22,23)/t13-/m1/s1. The van der Waals surface area contributed by atoms with E-state index >= 15 is 0 Å². The number of para-hydroxylation sites is 2. The Kier molecular flexibility index (Phi) is 4.78. The summed E-state index contributed by atoms with van der Waals surface area (Å²) in [6.07, 6.45) is 0. The summed E-state index contributed by atoms with van der Waals surface area (Å²) in [6, 6.07) is 20.8. The van der Waals surface area contributed by atoms with Crippen LogP contribution in [0.1, 0.15) is 12.5 Å². The van der Waals surface area contributed by atoms with Gasteiger partial charge in [-0.05, 0) is 31.2 Å². The van der Waals surface area contributed by atoms with Crippen molar-refractivity contribution in [2.75, 3.05) is 5.32 Å². The van der Waals surface area contributed by atoms with E-state index in [2.05, 4.69) is 16.4 Å². The number of aromatic nitrogens is 1. The molecule has 118 valence electrons. The van der Waals surface area contributed by atoms with Gasteiger partial charge in [0.2, 0.25) is 5.91 Å². The van der Waals surface area contributed by atoms with Crippen molar-refractivity contribution in [2.45, 2.75) is 17.2 Å². The summed E-state index contributed by atoms with van der Waals surface area (Å²) in [5.41, 5.74) is 1.89. The van der Waals surface area contributed by atoms with Crippen LogP contribution < -0.4 is 5.32 Å². The summed E-state index contributed by atoms with van der Waals surface area (Å²) in [6.45, 7) is 1.83. The normalized spacial score (nSPS) is 11.7. The van der Waals surface area contributed by atoms with E-state index < -0.39 is 0 Å². The molecule has 3 rings (SSSR count). The molecule has 0 aliphatic rings. The van der Waals surface area contributed by atoms with Crippen LogP contribution in [0.15, 0.2) is 65.7 Å². The van der Waals surface area contributed by atoms with Crippen LogP contribution in [-0.4, -0.2) is 16.1 Å². The molecule has 0 bridgehead atoms. The molecule has 0 fully saturated rings. The summed E-state index contributed by atoms with van der Waals surface area (Å²) in [5, 5.41) is 13.4. The van der Waals surface area contributed by atoms with Crippen molar-refractivity contribution in [3.05, 3.63) is 66.2 Å². The molecule has 1 heterocycles. The number of thioether (sulfide) groups is 1. The van der Waals surface area contributed by atoms with Gasteiger partial charge in [-0.25, -0.2) is 4.98 Å². The minimum absolute atomic E-state index is 0.155. The molecular formula is C19H15N3OS. The van der Waals surface area contributed by atoms with Gasteiger partial charge in [0.15, 0.2) is 0 Å². The van der Waals surface area contributed by atoms with Crippen LogP contribution in [0.5, 0.6) is 0 Å². The second-order valence-electron chi connectivity index (χ2n) is 5.25. The van der Waals surface area contributed by atoms with E-state index in [-0.39, 0.29) is 11.2 Å². The van der Waals surface area contributed by atoms with Gasteiger partial charge in [0, 0.05) is 5.39 Å². The molecule has 5 heteroatoms. The van der Waals surface area contributed by atoms with Gasteiger partial charge in [0.05, 0.1) is 27.0 Å².